The summed E-state index contributed by atoms with van der Waals surface area (Å²) in [5.41, 5.74) is 3.34. The topological polar surface area (TPSA) is 53.1 Å². The van der Waals surface area contributed by atoms with Crippen molar-refractivity contribution in [3.05, 3.63) is 10.7 Å². The largest absolute Gasteiger partial charge is 0.354 e. The summed E-state index contributed by atoms with van der Waals surface area (Å²) in [6, 6.07) is 0. The Morgan fingerprint density at radius 2 is 2.12 bits per heavy atom. The Balaban J connectivity index is 2.04. The van der Waals surface area contributed by atoms with Crippen molar-refractivity contribution in [1.29, 1.82) is 0 Å². The number of nitrogens with one attached hydrogen (secondary N) is 2. The molecule has 0 saturated carbocycles. The van der Waals surface area contributed by atoms with Gasteiger partial charge < -0.3 is 10.7 Å². The summed E-state index contributed by atoms with van der Waals surface area (Å²) in [6.45, 7) is 5.01. The molecule has 17 heavy (non-hydrogen) atoms. The van der Waals surface area contributed by atoms with Crippen molar-refractivity contribution in [2.75, 3.05) is 30.4 Å². The molecule has 1 aromatic heterocycles. The van der Waals surface area contributed by atoms with Crippen LogP contribution >= 0.6 is 15.9 Å². The number of aromatic nitrogens is 2. The van der Waals surface area contributed by atoms with Crippen molar-refractivity contribution in [1.82, 2.24) is 15.0 Å². The lowest BCUT2D eigenvalue weighted by Crippen LogP contribution is -2.35. The minimum atomic E-state index is 0.662. The lowest BCUT2D eigenvalue weighted by Gasteiger charge is -2.27. The normalized spacial score (nSPS) is 16.8. The van der Waals surface area contributed by atoms with Gasteiger partial charge >= 0.3 is 0 Å². The van der Waals surface area contributed by atoms with E-state index in [0.29, 0.717) is 5.95 Å². The van der Waals surface area contributed by atoms with Crippen LogP contribution in [0.25, 0.3) is 0 Å². The highest BCUT2D eigenvalue weighted by molar-refractivity contribution is 9.10. The first-order valence-electron chi connectivity index (χ1n) is 6.07. The van der Waals surface area contributed by atoms with Crippen molar-refractivity contribution in [3.8, 4) is 0 Å². The smallest absolute Gasteiger partial charge is 0.224 e. The second-order valence-corrected chi connectivity index (χ2v) is 4.93. The third kappa shape index (κ3) is 3.54. The van der Waals surface area contributed by atoms with E-state index in [0.717, 1.165) is 29.9 Å². The molecule has 0 aromatic carbocycles. The van der Waals surface area contributed by atoms with Gasteiger partial charge in [-0.25, -0.2) is 9.99 Å². The molecule has 2 N–H and O–H groups in total. The molecule has 5 nitrogen and oxygen atoms in total. The van der Waals surface area contributed by atoms with Gasteiger partial charge in [-0.15, -0.1) is 0 Å². The Morgan fingerprint density at radius 3 is 2.82 bits per heavy atom. The van der Waals surface area contributed by atoms with Crippen LogP contribution < -0.4 is 10.7 Å². The standard InChI is InChI=1S/C11H18BrN5/c1-2-13-11-14-8-9(12)10(15-11)16-17-6-4-3-5-7-17/h8H,2-7H2,1H3,(H2,13,14,15,16). The lowest BCUT2D eigenvalue weighted by molar-refractivity contribution is 0.272. The Bertz CT molecular complexity index is 365. The minimum absolute atomic E-state index is 0.662. The Kier molecular flexibility index (Phi) is 4.56. The maximum Gasteiger partial charge on any atom is 0.224 e. The monoisotopic (exact) mass is 299 g/mol. The van der Waals surface area contributed by atoms with Crippen molar-refractivity contribution in [3.63, 3.8) is 0 Å². The molecule has 0 bridgehead atoms. The SMILES string of the molecule is CCNc1ncc(Br)c(NN2CCCCC2)n1. The quantitative estimate of drug-likeness (QED) is 0.894. The molecular formula is C11H18BrN5. The lowest BCUT2D eigenvalue weighted by atomic mass is 10.2. The summed E-state index contributed by atoms with van der Waals surface area (Å²) >= 11 is 3.47. The van der Waals surface area contributed by atoms with Gasteiger partial charge in [-0.2, -0.15) is 4.98 Å². The molecule has 0 unspecified atom stereocenters. The third-order valence-electron chi connectivity index (χ3n) is 2.70. The molecule has 2 heterocycles. The zero-order valence-electron chi connectivity index (χ0n) is 10.0. The molecule has 94 valence electrons. The van der Waals surface area contributed by atoms with Gasteiger partial charge in [0.25, 0.3) is 0 Å². The molecule has 0 radical (unpaired) electrons. The van der Waals surface area contributed by atoms with Crippen molar-refractivity contribution in [2.45, 2.75) is 26.2 Å². The Morgan fingerprint density at radius 1 is 1.35 bits per heavy atom. The molecule has 2 rings (SSSR count). The van der Waals surface area contributed by atoms with E-state index in [-0.39, 0.29) is 0 Å². The van der Waals surface area contributed by atoms with Crippen LogP contribution in [0.5, 0.6) is 0 Å². The molecule has 0 spiro atoms. The molecule has 6 heteroatoms. The fourth-order valence-electron chi connectivity index (χ4n) is 1.84. The van der Waals surface area contributed by atoms with Gasteiger partial charge in [-0.1, -0.05) is 6.42 Å². The second-order valence-electron chi connectivity index (χ2n) is 4.08. The van der Waals surface area contributed by atoms with Crippen LogP contribution in [-0.2, 0) is 0 Å². The first-order chi connectivity index (χ1) is 8.29. The Labute approximate surface area is 110 Å². The maximum atomic E-state index is 4.43. The number of hydrogen-bond acceptors (Lipinski definition) is 5. The van der Waals surface area contributed by atoms with Crippen molar-refractivity contribution < 1.29 is 0 Å². The number of halogens is 1. The molecule has 0 aliphatic carbocycles. The summed E-state index contributed by atoms with van der Waals surface area (Å²) in [5, 5.41) is 5.33. The van der Waals surface area contributed by atoms with Gasteiger partial charge in [0, 0.05) is 25.8 Å². The van der Waals surface area contributed by atoms with E-state index in [4.69, 9.17) is 0 Å². The molecule has 1 fully saturated rings. The second kappa shape index (κ2) is 6.16. The molecule has 1 aliphatic heterocycles. The predicted octanol–water partition coefficient (Wildman–Crippen LogP) is 2.48. The summed E-state index contributed by atoms with van der Waals surface area (Å²) in [7, 11) is 0. The summed E-state index contributed by atoms with van der Waals surface area (Å²) in [6.07, 6.45) is 5.59. The summed E-state index contributed by atoms with van der Waals surface area (Å²) in [4.78, 5) is 8.63. The van der Waals surface area contributed by atoms with Gasteiger partial charge in [0.2, 0.25) is 5.95 Å². The first kappa shape index (κ1) is 12.6. The fraction of sp³-hybridized carbons (Fsp3) is 0.636. The van der Waals surface area contributed by atoms with Crippen LogP contribution in [0.15, 0.2) is 10.7 Å². The van der Waals surface area contributed by atoms with Crippen LogP contribution in [0.3, 0.4) is 0 Å². The summed E-state index contributed by atoms with van der Waals surface area (Å²) < 4.78 is 0.893. The maximum absolute atomic E-state index is 4.43. The zero-order valence-corrected chi connectivity index (χ0v) is 11.6. The number of hydrazine groups is 1. The van der Waals surface area contributed by atoms with Gasteiger partial charge in [-0.3, -0.25) is 0 Å². The number of rotatable bonds is 4. The van der Waals surface area contributed by atoms with Crippen LogP contribution in [0.1, 0.15) is 26.2 Å². The molecule has 0 atom stereocenters. The van der Waals surface area contributed by atoms with Gasteiger partial charge in [0.1, 0.15) is 0 Å². The highest BCUT2D eigenvalue weighted by Gasteiger charge is 2.12. The third-order valence-corrected chi connectivity index (χ3v) is 3.28. The predicted molar refractivity (Wildman–Crippen MR) is 72.9 cm³/mol. The number of anilines is 2. The molecule has 1 aromatic rings. The van der Waals surface area contributed by atoms with Crippen LogP contribution in [0.4, 0.5) is 11.8 Å². The molecule has 1 saturated heterocycles. The average molecular weight is 300 g/mol. The van der Waals surface area contributed by atoms with E-state index in [1.54, 1.807) is 6.20 Å². The highest BCUT2D eigenvalue weighted by atomic mass is 79.9. The number of piperidine rings is 1. The molecule has 1 aliphatic rings. The van der Waals surface area contributed by atoms with Crippen LogP contribution in [0.2, 0.25) is 0 Å². The highest BCUT2D eigenvalue weighted by Crippen LogP contribution is 2.21. The fourth-order valence-corrected chi connectivity index (χ4v) is 2.12. The van der Waals surface area contributed by atoms with E-state index in [9.17, 15) is 0 Å². The van der Waals surface area contributed by atoms with E-state index >= 15 is 0 Å². The van der Waals surface area contributed by atoms with Crippen molar-refractivity contribution in [2.24, 2.45) is 0 Å². The van der Waals surface area contributed by atoms with Gasteiger partial charge in [0.15, 0.2) is 5.82 Å². The summed E-state index contributed by atoms with van der Waals surface area (Å²) in [5.74, 6) is 1.49. The van der Waals surface area contributed by atoms with E-state index in [1.165, 1.54) is 19.3 Å². The van der Waals surface area contributed by atoms with E-state index < -0.39 is 0 Å². The average Bonchev–Trinajstić information content (AvgIpc) is 2.35. The zero-order chi connectivity index (χ0) is 12.1. The Hall–Kier alpha value is -0.880. The van der Waals surface area contributed by atoms with E-state index in [2.05, 4.69) is 41.6 Å². The minimum Gasteiger partial charge on any atom is -0.354 e. The van der Waals surface area contributed by atoms with Crippen LogP contribution in [-0.4, -0.2) is 34.6 Å². The molecule has 0 amide bonds. The van der Waals surface area contributed by atoms with Crippen LogP contribution in [0, 0.1) is 0 Å². The number of nitrogens with zero attached hydrogens (tertiary/aromatic N) is 3. The van der Waals surface area contributed by atoms with E-state index in [1.807, 2.05) is 6.92 Å². The van der Waals surface area contributed by atoms with Gasteiger partial charge in [0.05, 0.1) is 4.47 Å². The first-order valence-corrected chi connectivity index (χ1v) is 6.87. The number of hydrogen-bond donors (Lipinski definition) is 2. The van der Waals surface area contributed by atoms with Gasteiger partial charge in [-0.05, 0) is 35.7 Å². The molecular weight excluding hydrogens is 282 g/mol. The van der Waals surface area contributed by atoms with Crippen molar-refractivity contribution >= 4 is 27.7 Å².